The first-order valence-corrected chi connectivity index (χ1v) is 8.34. The Kier molecular flexibility index (Phi) is 6.50. The second-order valence-corrected chi connectivity index (χ2v) is 5.81. The third kappa shape index (κ3) is 4.50. The SMILES string of the molecule is C/C=C\S/C(=C\C)c1cc(OCCOC)c2cc(N)ccc2n1. The van der Waals surface area contributed by atoms with Crippen LogP contribution in [0.5, 0.6) is 5.75 Å². The Morgan fingerprint density at radius 1 is 1.26 bits per heavy atom. The summed E-state index contributed by atoms with van der Waals surface area (Å²) in [6.07, 6.45) is 4.06. The smallest absolute Gasteiger partial charge is 0.131 e. The summed E-state index contributed by atoms with van der Waals surface area (Å²) >= 11 is 1.64. The highest BCUT2D eigenvalue weighted by Crippen LogP contribution is 2.34. The maximum atomic E-state index is 5.90. The summed E-state index contributed by atoms with van der Waals surface area (Å²) in [5.74, 6) is 0.773. The number of nitrogens with two attached hydrogens (primary N) is 1. The van der Waals surface area contributed by atoms with E-state index >= 15 is 0 Å². The van der Waals surface area contributed by atoms with Gasteiger partial charge < -0.3 is 15.2 Å². The number of pyridine rings is 1. The molecule has 0 atom stereocenters. The zero-order chi connectivity index (χ0) is 16.7. The molecule has 23 heavy (non-hydrogen) atoms. The molecule has 0 fully saturated rings. The Bertz CT molecular complexity index is 726. The summed E-state index contributed by atoms with van der Waals surface area (Å²) < 4.78 is 10.9. The van der Waals surface area contributed by atoms with Crippen LogP contribution in [-0.2, 0) is 4.74 Å². The van der Waals surface area contributed by atoms with Crippen LogP contribution < -0.4 is 10.5 Å². The van der Waals surface area contributed by atoms with Crippen molar-refractivity contribution >= 4 is 33.3 Å². The summed E-state index contributed by atoms with van der Waals surface area (Å²) in [6, 6.07) is 7.63. The number of anilines is 1. The molecule has 122 valence electrons. The van der Waals surface area contributed by atoms with E-state index in [1.807, 2.05) is 49.6 Å². The maximum absolute atomic E-state index is 5.90. The molecule has 0 aliphatic carbocycles. The molecular formula is C18H22N2O2S. The zero-order valence-electron chi connectivity index (χ0n) is 13.7. The third-order valence-electron chi connectivity index (χ3n) is 3.19. The van der Waals surface area contributed by atoms with Gasteiger partial charge in [0, 0.05) is 29.2 Å². The van der Waals surface area contributed by atoms with Crippen LogP contribution in [0.1, 0.15) is 19.5 Å². The number of fused-ring (bicyclic) bond motifs is 1. The van der Waals surface area contributed by atoms with E-state index in [9.17, 15) is 0 Å². The van der Waals surface area contributed by atoms with Crippen LogP contribution in [0.15, 0.2) is 41.8 Å². The van der Waals surface area contributed by atoms with Crippen molar-refractivity contribution in [2.45, 2.75) is 13.8 Å². The van der Waals surface area contributed by atoms with Crippen LogP contribution in [0.25, 0.3) is 15.8 Å². The topological polar surface area (TPSA) is 57.4 Å². The van der Waals surface area contributed by atoms with E-state index in [1.165, 1.54) is 0 Å². The van der Waals surface area contributed by atoms with E-state index in [-0.39, 0.29) is 0 Å². The van der Waals surface area contributed by atoms with Gasteiger partial charge in [-0.3, -0.25) is 0 Å². The first-order valence-electron chi connectivity index (χ1n) is 7.46. The van der Waals surface area contributed by atoms with Crippen LogP contribution in [0.3, 0.4) is 0 Å². The Labute approximate surface area is 141 Å². The van der Waals surface area contributed by atoms with Crippen LogP contribution in [0, 0.1) is 0 Å². The molecule has 0 unspecified atom stereocenters. The molecule has 0 spiro atoms. The van der Waals surface area contributed by atoms with Crippen molar-refractivity contribution in [2.75, 3.05) is 26.1 Å². The van der Waals surface area contributed by atoms with E-state index in [1.54, 1.807) is 18.9 Å². The van der Waals surface area contributed by atoms with Gasteiger partial charge in [0.15, 0.2) is 0 Å². The lowest BCUT2D eigenvalue weighted by atomic mass is 10.1. The van der Waals surface area contributed by atoms with Gasteiger partial charge in [-0.15, -0.1) is 0 Å². The molecule has 0 aliphatic heterocycles. The second kappa shape index (κ2) is 8.60. The monoisotopic (exact) mass is 330 g/mol. The Balaban J connectivity index is 2.48. The van der Waals surface area contributed by atoms with Crippen LogP contribution >= 0.6 is 11.8 Å². The van der Waals surface area contributed by atoms with Crippen molar-refractivity contribution in [1.29, 1.82) is 0 Å². The summed E-state index contributed by atoms with van der Waals surface area (Å²) in [5.41, 5.74) is 8.35. The van der Waals surface area contributed by atoms with Gasteiger partial charge in [0.05, 0.1) is 17.8 Å². The first kappa shape index (κ1) is 17.4. The molecule has 0 amide bonds. The van der Waals surface area contributed by atoms with Gasteiger partial charge in [0.1, 0.15) is 12.4 Å². The molecule has 1 aromatic heterocycles. The molecule has 1 aromatic carbocycles. The highest BCUT2D eigenvalue weighted by Gasteiger charge is 2.10. The number of methoxy groups -OCH3 is 1. The Hall–Kier alpha value is -1.98. The normalized spacial score (nSPS) is 12.2. The number of aromatic nitrogens is 1. The number of benzene rings is 1. The molecular weight excluding hydrogens is 308 g/mol. The van der Waals surface area contributed by atoms with Gasteiger partial charge in [0.25, 0.3) is 0 Å². The number of nitrogen functional groups attached to an aromatic ring is 1. The summed E-state index contributed by atoms with van der Waals surface area (Å²) in [4.78, 5) is 5.82. The Morgan fingerprint density at radius 3 is 2.78 bits per heavy atom. The number of thioether (sulfide) groups is 1. The van der Waals surface area contributed by atoms with Gasteiger partial charge in [0.2, 0.25) is 0 Å². The van der Waals surface area contributed by atoms with E-state index in [2.05, 4.69) is 6.08 Å². The number of hydrogen-bond acceptors (Lipinski definition) is 5. The predicted octanol–water partition coefficient (Wildman–Crippen LogP) is 4.47. The van der Waals surface area contributed by atoms with Gasteiger partial charge >= 0.3 is 0 Å². The van der Waals surface area contributed by atoms with E-state index in [4.69, 9.17) is 20.2 Å². The zero-order valence-corrected chi connectivity index (χ0v) is 14.5. The molecule has 0 bridgehead atoms. The van der Waals surface area contributed by atoms with Crippen molar-refractivity contribution in [1.82, 2.24) is 4.98 Å². The summed E-state index contributed by atoms with van der Waals surface area (Å²) in [7, 11) is 1.66. The quantitative estimate of drug-likeness (QED) is 0.599. The fourth-order valence-corrected chi connectivity index (χ4v) is 2.75. The van der Waals surface area contributed by atoms with Crippen molar-refractivity contribution in [2.24, 2.45) is 0 Å². The summed E-state index contributed by atoms with van der Waals surface area (Å²) in [6.45, 7) is 5.02. The van der Waals surface area contributed by atoms with Crippen molar-refractivity contribution in [3.63, 3.8) is 0 Å². The van der Waals surface area contributed by atoms with Gasteiger partial charge in [-0.1, -0.05) is 23.9 Å². The van der Waals surface area contributed by atoms with E-state index < -0.39 is 0 Å². The molecule has 4 nitrogen and oxygen atoms in total. The fraction of sp³-hybridized carbons (Fsp3) is 0.278. The number of allylic oxidation sites excluding steroid dienone is 2. The maximum Gasteiger partial charge on any atom is 0.131 e. The molecule has 0 radical (unpaired) electrons. The lowest BCUT2D eigenvalue weighted by Crippen LogP contribution is -2.05. The largest absolute Gasteiger partial charge is 0.490 e. The highest BCUT2D eigenvalue weighted by molar-refractivity contribution is 8.10. The first-order chi connectivity index (χ1) is 11.2. The lowest BCUT2D eigenvalue weighted by molar-refractivity contribution is 0.147. The fourth-order valence-electron chi connectivity index (χ4n) is 2.11. The Morgan fingerprint density at radius 2 is 2.09 bits per heavy atom. The molecule has 0 aliphatic rings. The number of ether oxygens (including phenoxy) is 2. The summed E-state index contributed by atoms with van der Waals surface area (Å²) in [5, 5.41) is 2.95. The van der Waals surface area contributed by atoms with Crippen LogP contribution in [0.4, 0.5) is 5.69 Å². The molecule has 5 heteroatoms. The molecule has 0 saturated heterocycles. The van der Waals surface area contributed by atoms with Gasteiger partial charge in [-0.25, -0.2) is 4.98 Å². The lowest BCUT2D eigenvalue weighted by Gasteiger charge is -2.12. The molecule has 2 N–H and O–H groups in total. The van der Waals surface area contributed by atoms with Crippen LogP contribution in [-0.4, -0.2) is 25.3 Å². The second-order valence-electron chi connectivity index (χ2n) is 4.86. The van der Waals surface area contributed by atoms with E-state index in [0.717, 1.165) is 27.3 Å². The average molecular weight is 330 g/mol. The average Bonchev–Trinajstić information content (AvgIpc) is 2.56. The van der Waals surface area contributed by atoms with Crippen LogP contribution in [0.2, 0.25) is 0 Å². The molecule has 2 rings (SSSR count). The van der Waals surface area contributed by atoms with Crippen molar-refractivity contribution in [3.8, 4) is 5.75 Å². The van der Waals surface area contributed by atoms with Gasteiger partial charge in [-0.2, -0.15) is 0 Å². The van der Waals surface area contributed by atoms with E-state index in [0.29, 0.717) is 18.9 Å². The van der Waals surface area contributed by atoms with Crippen molar-refractivity contribution < 1.29 is 9.47 Å². The standard InChI is InChI=1S/C18H22N2O2S/c1-4-10-23-18(5-2)16-12-17(22-9-8-21-3)14-11-13(19)6-7-15(14)20-16/h4-7,10-12H,8-9,19H2,1-3H3/b10-4-,18-5-. The highest BCUT2D eigenvalue weighted by atomic mass is 32.2. The minimum Gasteiger partial charge on any atom is -0.490 e. The molecule has 1 heterocycles. The minimum atomic E-state index is 0.483. The number of rotatable bonds is 7. The minimum absolute atomic E-state index is 0.483. The predicted molar refractivity (Wildman–Crippen MR) is 99.6 cm³/mol. The van der Waals surface area contributed by atoms with Crippen molar-refractivity contribution in [3.05, 3.63) is 47.5 Å². The molecule has 2 aromatic rings. The number of nitrogens with zero attached hydrogens (tertiary/aromatic N) is 1. The van der Waals surface area contributed by atoms with Gasteiger partial charge in [-0.05, 0) is 37.5 Å². The molecule has 0 saturated carbocycles. The number of hydrogen-bond donors (Lipinski definition) is 1. The third-order valence-corrected chi connectivity index (χ3v) is 4.29.